The van der Waals surface area contributed by atoms with Gasteiger partial charge in [0.05, 0.1) is 7.11 Å². The van der Waals surface area contributed by atoms with Gasteiger partial charge in [-0.15, -0.1) is 0 Å². The Labute approximate surface area is 164 Å². The average Bonchev–Trinajstić information content (AvgIpc) is 2.72. The molecule has 0 atom stereocenters. The molecule has 0 radical (unpaired) electrons. The van der Waals surface area contributed by atoms with Gasteiger partial charge in [0.1, 0.15) is 23.1 Å². The molecule has 2 heterocycles. The van der Waals surface area contributed by atoms with Crippen molar-refractivity contribution in [1.29, 1.82) is 0 Å². The Balaban J connectivity index is 1.56. The lowest BCUT2D eigenvalue weighted by Gasteiger charge is -2.28. The van der Waals surface area contributed by atoms with Crippen LogP contribution in [-0.2, 0) is 13.0 Å². The first-order valence-electron chi connectivity index (χ1n) is 9.25. The Morgan fingerprint density at radius 1 is 1.07 bits per heavy atom. The molecule has 0 unspecified atom stereocenters. The number of anilines is 2. The summed E-state index contributed by atoms with van der Waals surface area (Å²) in [6.45, 7) is 3.09. The molecule has 4 rings (SSSR count). The quantitative estimate of drug-likeness (QED) is 0.754. The van der Waals surface area contributed by atoms with Gasteiger partial charge in [-0.25, -0.2) is 9.97 Å². The molecule has 28 heavy (non-hydrogen) atoms. The van der Waals surface area contributed by atoms with Crippen molar-refractivity contribution >= 4 is 17.4 Å². The molecule has 0 spiro atoms. The molecule has 2 aromatic carbocycles. The predicted molar refractivity (Wildman–Crippen MR) is 108 cm³/mol. The van der Waals surface area contributed by atoms with E-state index in [2.05, 4.69) is 27.4 Å². The molecule has 0 aliphatic carbocycles. The second-order valence-corrected chi connectivity index (χ2v) is 6.79. The summed E-state index contributed by atoms with van der Waals surface area (Å²) in [4.78, 5) is 23.7. The maximum absolute atomic E-state index is 13.1. The van der Waals surface area contributed by atoms with E-state index in [9.17, 15) is 4.79 Å². The third-order valence-corrected chi connectivity index (χ3v) is 4.82. The molecular weight excluding hydrogens is 352 g/mol. The van der Waals surface area contributed by atoms with Gasteiger partial charge in [-0.05, 0) is 36.6 Å². The van der Waals surface area contributed by atoms with Crippen LogP contribution in [0.2, 0.25) is 0 Å². The van der Waals surface area contributed by atoms with Gasteiger partial charge < -0.3 is 15.0 Å². The van der Waals surface area contributed by atoms with Crippen LogP contribution < -0.4 is 10.1 Å². The first-order chi connectivity index (χ1) is 13.6. The number of rotatable bonds is 4. The van der Waals surface area contributed by atoms with Crippen molar-refractivity contribution in [3.8, 4) is 5.75 Å². The number of aryl methyl sites for hydroxylation is 1. The molecule has 0 saturated carbocycles. The molecule has 1 aliphatic rings. The molecule has 0 fully saturated rings. The predicted octanol–water partition coefficient (Wildman–Crippen LogP) is 3.74. The van der Waals surface area contributed by atoms with Gasteiger partial charge in [-0.2, -0.15) is 0 Å². The third kappa shape index (κ3) is 3.81. The molecule has 1 aliphatic heterocycles. The van der Waals surface area contributed by atoms with Crippen LogP contribution in [0.15, 0.2) is 54.6 Å². The van der Waals surface area contributed by atoms with Crippen molar-refractivity contribution < 1.29 is 9.53 Å². The zero-order chi connectivity index (χ0) is 19.5. The van der Waals surface area contributed by atoms with Crippen molar-refractivity contribution in [2.45, 2.75) is 19.9 Å². The third-order valence-electron chi connectivity index (χ3n) is 4.82. The summed E-state index contributed by atoms with van der Waals surface area (Å²) >= 11 is 0. The summed E-state index contributed by atoms with van der Waals surface area (Å²) < 4.78 is 5.25. The van der Waals surface area contributed by atoms with Crippen LogP contribution in [0, 0.1) is 6.92 Å². The van der Waals surface area contributed by atoms with Gasteiger partial charge >= 0.3 is 0 Å². The highest BCUT2D eigenvalue weighted by molar-refractivity contribution is 5.93. The van der Waals surface area contributed by atoms with E-state index in [1.54, 1.807) is 20.1 Å². The van der Waals surface area contributed by atoms with Crippen LogP contribution in [-0.4, -0.2) is 34.4 Å². The van der Waals surface area contributed by atoms with Gasteiger partial charge in [0, 0.05) is 30.9 Å². The largest absolute Gasteiger partial charge is 0.497 e. The maximum atomic E-state index is 13.1. The van der Waals surface area contributed by atoms with Crippen molar-refractivity contribution in [3.63, 3.8) is 0 Å². The fourth-order valence-corrected chi connectivity index (χ4v) is 3.42. The van der Waals surface area contributed by atoms with Crippen LogP contribution in [0.5, 0.6) is 5.75 Å². The van der Waals surface area contributed by atoms with Crippen molar-refractivity contribution in [3.05, 3.63) is 77.2 Å². The number of carbonyl (C=O) groups excluding carboxylic acids is 1. The SMILES string of the molecule is COc1cccc(Nc2cc(C(=O)N3CCc4ccccc4C3)nc(C)n2)c1. The molecule has 3 aromatic rings. The van der Waals surface area contributed by atoms with Crippen LogP contribution in [0.4, 0.5) is 11.5 Å². The number of aromatic nitrogens is 2. The monoisotopic (exact) mass is 374 g/mol. The number of methoxy groups -OCH3 is 1. The lowest BCUT2D eigenvalue weighted by Crippen LogP contribution is -2.36. The Bertz CT molecular complexity index is 1020. The van der Waals surface area contributed by atoms with E-state index >= 15 is 0 Å². The minimum atomic E-state index is -0.0753. The highest BCUT2D eigenvalue weighted by Gasteiger charge is 2.23. The van der Waals surface area contributed by atoms with Gasteiger partial charge in [0.2, 0.25) is 0 Å². The number of hydrogen-bond donors (Lipinski definition) is 1. The Morgan fingerprint density at radius 2 is 1.89 bits per heavy atom. The van der Waals surface area contributed by atoms with Crippen molar-refractivity contribution in [2.75, 3.05) is 19.0 Å². The summed E-state index contributed by atoms with van der Waals surface area (Å²) in [6.07, 6.45) is 0.862. The highest BCUT2D eigenvalue weighted by atomic mass is 16.5. The number of hydrogen-bond acceptors (Lipinski definition) is 5. The number of fused-ring (bicyclic) bond motifs is 1. The minimum absolute atomic E-state index is 0.0753. The van der Waals surface area contributed by atoms with E-state index in [1.165, 1.54) is 11.1 Å². The van der Waals surface area contributed by atoms with E-state index in [0.29, 0.717) is 30.4 Å². The summed E-state index contributed by atoms with van der Waals surface area (Å²) in [7, 11) is 1.63. The molecule has 1 amide bonds. The molecule has 1 aromatic heterocycles. The number of nitrogens with one attached hydrogen (secondary N) is 1. The number of carbonyl (C=O) groups is 1. The van der Waals surface area contributed by atoms with Gasteiger partial charge in [0.25, 0.3) is 5.91 Å². The van der Waals surface area contributed by atoms with Crippen molar-refractivity contribution in [1.82, 2.24) is 14.9 Å². The van der Waals surface area contributed by atoms with E-state index in [0.717, 1.165) is 17.9 Å². The lowest BCUT2D eigenvalue weighted by atomic mass is 10.00. The van der Waals surface area contributed by atoms with Crippen LogP contribution >= 0.6 is 0 Å². The zero-order valence-corrected chi connectivity index (χ0v) is 16.0. The fourth-order valence-electron chi connectivity index (χ4n) is 3.42. The van der Waals surface area contributed by atoms with Crippen LogP contribution in [0.25, 0.3) is 0 Å². The normalized spacial score (nSPS) is 13.0. The standard InChI is InChI=1S/C22H22N4O2/c1-15-23-20(13-21(24-15)25-18-8-5-9-19(12-18)28-2)22(27)26-11-10-16-6-3-4-7-17(16)14-26/h3-9,12-13H,10-11,14H2,1-2H3,(H,23,24,25). The summed E-state index contributed by atoms with van der Waals surface area (Å²) in [5.74, 6) is 1.81. The smallest absolute Gasteiger partial charge is 0.272 e. The number of nitrogens with zero attached hydrogens (tertiary/aromatic N) is 3. The minimum Gasteiger partial charge on any atom is -0.497 e. The summed E-state index contributed by atoms with van der Waals surface area (Å²) in [6, 6.07) is 17.5. The van der Waals surface area contributed by atoms with Gasteiger partial charge in [0.15, 0.2) is 0 Å². The molecule has 6 heteroatoms. The molecule has 1 N–H and O–H groups in total. The fraction of sp³-hybridized carbons (Fsp3) is 0.227. The highest BCUT2D eigenvalue weighted by Crippen LogP contribution is 2.23. The topological polar surface area (TPSA) is 67.3 Å². The Morgan fingerprint density at radius 3 is 2.71 bits per heavy atom. The van der Waals surface area contributed by atoms with Crippen LogP contribution in [0.3, 0.4) is 0 Å². The Hall–Kier alpha value is -3.41. The van der Waals surface area contributed by atoms with Crippen molar-refractivity contribution in [2.24, 2.45) is 0 Å². The van der Waals surface area contributed by atoms with Gasteiger partial charge in [-0.3, -0.25) is 4.79 Å². The van der Waals surface area contributed by atoms with E-state index < -0.39 is 0 Å². The number of ether oxygens (including phenoxy) is 1. The van der Waals surface area contributed by atoms with E-state index in [1.807, 2.05) is 41.3 Å². The second-order valence-electron chi connectivity index (χ2n) is 6.79. The molecule has 0 saturated heterocycles. The second kappa shape index (κ2) is 7.68. The van der Waals surface area contributed by atoms with Gasteiger partial charge in [-0.1, -0.05) is 30.3 Å². The van der Waals surface area contributed by atoms with E-state index in [-0.39, 0.29) is 5.91 Å². The summed E-state index contributed by atoms with van der Waals surface area (Å²) in [5, 5.41) is 3.23. The molecule has 6 nitrogen and oxygen atoms in total. The van der Waals surface area contributed by atoms with E-state index in [4.69, 9.17) is 4.74 Å². The lowest BCUT2D eigenvalue weighted by molar-refractivity contribution is 0.0728. The maximum Gasteiger partial charge on any atom is 0.272 e. The molecular formula is C22H22N4O2. The van der Waals surface area contributed by atoms with Crippen LogP contribution in [0.1, 0.15) is 27.4 Å². The number of amides is 1. The number of benzene rings is 2. The average molecular weight is 374 g/mol. The first-order valence-corrected chi connectivity index (χ1v) is 9.25. The summed E-state index contributed by atoms with van der Waals surface area (Å²) in [5.41, 5.74) is 3.74. The Kier molecular flexibility index (Phi) is 4.93. The first kappa shape index (κ1) is 18.0. The zero-order valence-electron chi connectivity index (χ0n) is 16.0. The molecule has 0 bridgehead atoms. The molecule has 142 valence electrons.